The van der Waals surface area contributed by atoms with Gasteiger partial charge in [0.25, 0.3) is 0 Å². The van der Waals surface area contributed by atoms with Crippen LogP contribution in [0.5, 0.6) is 0 Å². The molecule has 120 valence electrons. The van der Waals surface area contributed by atoms with Crippen molar-refractivity contribution in [2.24, 2.45) is 0 Å². The minimum absolute atomic E-state index is 0.0742. The Morgan fingerprint density at radius 2 is 1.64 bits per heavy atom. The molecule has 0 N–H and O–H groups in total. The van der Waals surface area contributed by atoms with Crippen molar-refractivity contribution in [2.75, 3.05) is 0 Å². The van der Waals surface area contributed by atoms with Gasteiger partial charge < -0.3 is 4.42 Å². The van der Waals surface area contributed by atoms with E-state index in [-0.39, 0.29) is 5.78 Å². The lowest BCUT2D eigenvalue weighted by molar-refractivity contribution is 0.103. The highest BCUT2D eigenvalue weighted by Crippen LogP contribution is 2.39. The Hall–Kier alpha value is -3.13. The van der Waals surface area contributed by atoms with E-state index in [1.54, 1.807) is 0 Å². The Morgan fingerprint density at radius 3 is 2.52 bits per heavy atom. The molecular weight excluding hydrogens is 308 g/mol. The van der Waals surface area contributed by atoms with Gasteiger partial charge in [-0.05, 0) is 29.3 Å². The third-order valence-corrected chi connectivity index (χ3v) is 5.05. The van der Waals surface area contributed by atoms with Crippen LogP contribution >= 0.6 is 0 Å². The van der Waals surface area contributed by atoms with Crippen molar-refractivity contribution >= 4 is 16.6 Å². The number of benzene rings is 3. The molecule has 0 spiro atoms. The zero-order chi connectivity index (χ0) is 17.0. The first-order valence-electron chi connectivity index (χ1n) is 8.46. The second kappa shape index (κ2) is 5.18. The van der Waals surface area contributed by atoms with Crippen LogP contribution in [-0.2, 0) is 6.42 Å². The number of hydrogen-bond donors (Lipinski definition) is 0. The summed E-state index contributed by atoms with van der Waals surface area (Å²) in [6, 6.07) is 22.4. The SMILES string of the molecule is Cc1oc(-c2ccc3ccccc3c2)c2c1C(=O)c1ccccc1C2. The van der Waals surface area contributed by atoms with E-state index < -0.39 is 0 Å². The third-order valence-electron chi connectivity index (χ3n) is 5.05. The molecule has 0 unspecified atom stereocenters. The average molecular weight is 324 g/mol. The molecule has 0 atom stereocenters. The van der Waals surface area contributed by atoms with Crippen LogP contribution in [0, 0.1) is 6.92 Å². The van der Waals surface area contributed by atoms with E-state index in [1.165, 1.54) is 10.8 Å². The van der Waals surface area contributed by atoms with Gasteiger partial charge in [0.05, 0.1) is 5.56 Å². The molecule has 5 rings (SSSR count). The molecule has 0 amide bonds. The van der Waals surface area contributed by atoms with Crippen LogP contribution in [0.2, 0.25) is 0 Å². The molecule has 0 saturated carbocycles. The Bertz CT molecular complexity index is 1150. The number of carbonyl (C=O) groups excluding carboxylic acids is 1. The number of fused-ring (bicyclic) bond motifs is 3. The summed E-state index contributed by atoms with van der Waals surface area (Å²) in [5.74, 6) is 1.60. The van der Waals surface area contributed by atoms with Gasteiger partial charge in [-0.1, -0.05) is 60.7 Å². The number of carbonyl (C=O) groups is 1. The fraction of sp³-hybridized carbons (Fsp3) is 0.0870. The van der Waals surface area contributed by atoms with Gasteiger partial charge in [0.1, 0.15) is 11.5 Å². The van der Waals surface area contributed by atoms with Crippen LogP contribution in [0.15, 0.2) is 71.1 Å². The van der Waals surface area contributed by atoms with Gasteiger partial charge >= 0.3 is 0 Å². The second-order valence-electron chi connectivity index (χ2n) is 6.57. The molecular formula is C23H16O2. The smallest absolute Gasteiger partial charge is 0.197 e. The van der Waals surface area contributed by atoms with Crippen molar-refractivity contribution in [3.05, 3.63) is 94.7 Å². The Labute approximate surface area is 145 Å². The summed E-state index contributed by atoms with van der Waals surface area (Å²) in [6.45, 7) is 1.88. The Kier molecular flexibility index (Phi) is 2.95. The molecule has 0 saturated heterocycles. The van der Waals surface area contributed by atoms with E-state index in [4.69, 9.17) is 4.42 Å². The quantitative estimate of drug-likeness (QED) is 0.405. The first-order chi connectivity index (χ1) is 12.2. The van der Waals surface area contributed by atoms with E-state index in [9.17, 15) is 4.79 Å². The fourth-order valence-corrected chi connectivity index (χ4v) is 3.84. The van der Waals surface area contributed by atoms with Gasteiger partial charge in [0, 0.05) is 23.1 Å². The van der Waals surface area contributed by atoms with Crippen LogP contribution in [0.3, 0.4) is 0 Å². The van der Waals surface area contributed by atoms with Crippen molar-refractivity contribution in [1.29, 1.82) is 0 Å². The lowest BCUT2D eigenvalue weighted by Crippen LogP contribution is -2.14. The zero-order valence-electron chi connectivity index (χ0n) is 13.9. The van der Waals surface area contributed by atoms with Gasteiger partial charge in [-0.3, -0.25) is 4.79 Å². The van der Waals surface area contributed by atoms with Crippen molar-refractivity contribution in [2.45, 2.75) is 13.3 Å². The molecule has 1 aliphatic rings. The average Bonchev–Trinajstić information content (AvgIpc) is 2.98. The lowest BCUT2D eigenvalue weighted by Gasteiger charge is -2.16. The molecule has 0 fully saturated rings. The minimum Gasteiger partial charge on any atom is -0.460 e. The predicted molar refractivity (Wildman–Crippen MR) is 99.1 cm³/mol. The summed E-state index contributed by atoms with van der Waals surface area (Å²) in [5, 5.41) is 2.37. The van der Waals surface area contributed by atoms with Gasteiger partial charge in [-0.15, -0.1) is 0 Å². The summed E-state index contributed by atoms with van der Waals surface area (Å²) in [7, 11) is 0. The predicted octanol–water partition coefficient (Wildman–Crippen LogP) is 5.54. The number of aryl methyl sites for hydroxylation is 1. The van der Waals surface area contributed by atoms with Crippen molar-refractivity contribution in [3.8, 4) is 11.3 Å². The van der Waals surface area contributed by atoms with E-state index in [2.05, 4.69) is 30.3 Å². The zero-order valence-corrected chi connectivity index (χ0v) is 13.9. The van der Waals surface area contributed by atoms with Crippen LogP contribution in [-0.4, -0.2) is 5.78 Å². The van der Waals surface area contributed by atoms with E-state index >= 15 is 0 Å². The molecule has 1 aliphatic carbocycles. The second-order valence-corrected chi connectivity index (χ2v) is 6.57. The lowest BCUT2D eigenvalue weighted by atomic mass is 9.84. The maximum atomic E-state index is 12.9. The molecule has 4 aromatic rings. The maximum absolute atomic E-state index is 12.9. The van der Waals surface area contributed by atoms with Crippen LogP contribution < -0.4 is 0 Å². The molecule has 1 heterocycles. The topological polar surface area (TPSA) is 30.2 Å². The van der Waals surface area contributed by atoms with Crippen molar-refractivity contribution in [3.63, 3.8) is 0 Å². The third kappa shape index (κ3) is 2.07. The number of furan rings is 1. The number of hydrogen-bond acceptors (Lipinski definition) is 2. The van der Waals surface area contributed by atoms with Gasteiger partial charge in [-0.25, -0.2) is 0 Å². The summed E-state index contributed by atoms with van der Waals surface area (Å²) >= 11 is 0. The highest BCUT2D eigenvalue weighted by Gasteiger charge is 2.30. The molecule has 0 radical (unpaired) electrons. The first kappa shape index (κ1) is 14.2. The van der Waals surface area contributed by atoms with Crippen LogP contribution in [0.4, 0.5) is 0 Å². The largest absolute Gasteiger partial charge is 0.460 e. The molecule has 0 aliphatic heterocycles. The van der Waals surface area contributed by atoms with Gasteiger partial charge in [0.2, 0.25) is 0 Å². The monoisotopic (exact) mass is 324 g/mol. The Balaban J connectivity index is 1.72. The normalized spacial score (nSPS) is 12.9. The molecule has 25 heavy (non-hydrogen) atoms. The van der Waals surface area contributed by atoms with Gasteiger partial charge in [-0.2, -0.15) is 0 Å². The van der Waals surface area contributed by atoms with E-state index in [0.717, 1.165) is 40.0 Å². The highest BCUT2D eigenvalue weighted by molar-refractivity contribution is 6.14. The minimum atomic E-state index is 0.0742. The van der Waals surface area contributed by atoms with Gasteiger partial charge in [0.15, 0.2) is 5.78 Å². The number of rotatable bonds is 1. The molecule has 1 aromatic heterocycles. The highest BCUT2D eigenvalue weighted by atomic mass is 16.3. The maximum Gasteiger partial charge on any atom is 0.197 e. The van der Waals surface area contributed by atoms with E-state index in [1.807, 2.05) is 43.3 Å². The summed E-state index contributed by atoms with van der Waals surface area (Å²) in [4.78, 5) is 12.9. The molecule has 3 aromatic carbocycles. The molecule has 0 bridgehead atoms. The first-order valence-corrected chi connectivity index (χ1v) is 8.46. The fourth-order valence-electron chi connectivity index (χ4n) is 3.84. The molecule has 2 nitrogen and oxygen atoms in total. The number of ketones is 1. The summed E-state index contributed by atoms with van der Waals surface area (Å²) in [6.07, 6.45) is 0.733. The van der Waals surface area contributed by atoms with Crippen molar-refractivity contribution in [1.82, 2.24) is 0 Å². The Morgan fingerprint density at radius 1 is 0.880 bits per heavy atom. The van der Waals surface area contributed by atoms with Crippen LogP contribution in [0.25, 0.3) is 22.1 Å². The standard InChI is InChI=1S/C23H16O2/c1-14-21-20(13-17-8-4-5-9-19(17)22(21)24)23(25-14)18-11-10-15-6-2-3-7-16(15)12-18/h2-12H,13H2,1H3. The summed E-state index contributed by atoms with van der Waals surface area (Å²) in [5.41, 5.74) is 4.64. The van der Waals surface area contributed by atoms with Crippen LogP contribution in [0.1, 0.15) is 32.8 Å². The molecule has 2 heteroatoms. The van der Waals surface area contributed by atoms with Crippen molar-refractivity contribution < 1.29 is 9.21 Å². The van der Waals surface area contributed by atoms with E-state index in [0.29, 0.717) is 5.76 Å². The summed E-state index contributed by atoms with van der Waals surface area (Å²) < 4.78 is 6.08.